The summed E-state index contributed by atoms with van der Waals surface area (Å²) in [5.41, 5.74) is 1.88. The van der Waals surface area contributed by atoms with Gasteiger partial charge in [0.25, 0.3) is 11.7 Å². The molecule has 7 nitrogen and oxygen atoms in total. The van der Waals surface area contributed by atoms with Gasteiger partial charge in [0.1, 0.15) is 5.76 Å². The Morgan fingerprint density at radius 1 is 1.37 bits per heavy atom. The molecule has 1 fully saturated rings. The van der Waals surface area contributed by atoms with Crippen LogP contribution in [0.4, 0.5) is 0 Å². The molecule has 0 saturated carbocycles. The molecule has 0 spiro atoms. The largest absolute Gasteiger partial charge is 0.507 e. The van der Waals surface area contributed by atoms with Gasteiger partial charge in [-0.2, -0.15) is 5.10 Å². The van der Waals surface area contributed by atoms with Crippen LogP contribution in [0.5, 0.6) is 0 Å². The van der Waals surface area contributed by atoms with Crippen LogP contribution in [0.2, 0.25) is 0 Å². The van der Waals surface area contributed by atoms with Crippen LogP contribution < -0.4 is 0 Å². The smallest absolute Gasteiger partial charge is 0.295 e. The minimum atomic E-state index is -0.643. The highest BCUT2D eigenvalue weighted by Crippen LogP contribution is 2.41. The van der Waals surface area contributed by atoms with Crippen molar-refractivity contribution in [2.45, 2.75) is 26.3 Å². The van der Waals surface area contributed by atoms with Gasteiger partial charge in [0.05, 0.1) is 22.9 Å². The van der Waals surface area contributed by atoms with Crippen LogP contribution >= 0.6 is 11.3 Å². The van der Waals surface area contributed by atoms with E-state index >= 15 is 0 Å². The van der Waals surface area contributed by atoms with Crippen LogP contribution in [0.1, 0.15) is 34.3 Å². The fourth-order valence-corrected chi connectivity index (χ4v) is 4.29. The molecule has 0 aliphatic carbocycles. The van der Waals surface area contributed by atoms with E-state index in [2.05, 4.69) is 10.2 Å². The van der Waals surface area contributed by atoms with Gasteiger partial charge in [0, 0.05) is 17.1 Å². The van der Waals surface area contributed by atoms with E-state index in [1.54, 1.807) is 18.7 Å². The van der Waals surface area contributed by atoms with Gasteiger partial charge in [-0.3, -0.25) is 14.7 Å². The fraction of sp³-hybridized carbons (Fsp3) is 0.421. The number of ketones is 1. The maximum Gasteiger partial charge on any atom is 0.295 e. The maximum atomic E-state index is 12.8. The summed E-state index contributed by atoms with van der Waals surface area (Å²) in [5, 5.41) is 19.8. The number of H-pyrrole nitrogens is 1. The van der Waals surface area contributed by atoms with Gasteiger partial charge in [0.2, 0.25) is 0 Å². The lowest BCUT2D eigenvalue weighted by Crippen LogP contribution is -2.32. The van der Waals surface area contributed by atoms with E-state index in [1.165, 1.54) is 11.3 Å². The number of Topliss-reactive ketones (excluding diaryl/α,β-unsaturated/α-hetero) is 1. The minimum Gasteiger partial charge on any atom is -0.507 e. The summed E-state index contributed by atoms with van der Waals surface area (Å²) < 4.78 is 0. The third kappa shape index (κ3) is 3.54. The Bertz CT molecular complexity index is 863. The first-order chi connectivity index (χ1) is 12.8. The number of carbonyl (C=O) groups is 2. The number of thiophene rings is 1. The number of hydrogen-bond acceptors (Lipinski definition) is 6. The first-order valence-electron chi connectivity index (χ1n) is 8.81. The number of nitrogens with one attached hydrogen (secondary N) is 1. The van der Waals surface area contributed by atoms with Gasteiger partial charge in [0.15, 0.2) is 0 Å². The summed E-state index contributed by atoms with van der Waals surface area (Å²) in [5.74, 6) is -1.37. The van der Waals surface area contributed by atoms with Crippen LogP contribution in [0.15, 0.2) is 23.1 Å². The SMILES string of the molecule is Cc1n[nH]c(C)c1C(O)=C1C(=O)C(=O)N(CCCN(C)C)C1c1cccs1. The van der Waals surface area contributed by atoms with Crippen LogP contribution in [0.25, 0.3) is 5.76 Å². The van der Waals surface area contributed by atoms with Crippen LogP contribution in [0, 0.1) is 13.8 Å². The Hall–Kier alpha value is -2.45. The van der Waals surface area contributed by atoms with Gasteiger partial charge in [-0.1, -0.05) is 6.07 Å². The van der Waals surface area contributed by atoms with E-state index < -0.39 is 17.7 Å². The van der Waals surface area contributed by atoms with E-state index in [1.807, 2.05) is 36.5 Å². The quantitative estimate of drug-likeness (QED) is 0.451. The van der Waals surface area contributed by atoms with Gasteiger partial charge >= 0.3 is 0 Å². The van der Waals surface area contributed by atoms with Crippen molar-refractivity contribution in [1.82, 2.24) is 20.0 Å². The van der Waals surface area contributed by atoms with Crippen molar-refractivity contribution in [2.75, 3.05) is 27.2 Å². The molecule has 0 bridgehead atoms. The van der Waals surface area contributed by atoms with Crippen molar-refractivity contribution in [3.05, 3.63) is 44.9 Å². The average Bonchev–Trinajstić information content (AvgIpc) is 3.30. The lowest BCUT2D eigenvalue weighted by atomic mass is 9.99. The molecular formula is C19H24N4O3S. The third-order valence-corrected chi connectivity index (χ3v) is 5.65. The summed E-state index contributed by atoms with van der Waals surface area (Å²) in [7, 11) is 3.94. The molecule has 0 radical (unpaired) electrons. The van der Waals surface area contributed by atoms with E-state index in [0.717, 1.165) is 17.8 Å². The molecule has 1 saturated heterocycles. The van der Waals surface area contributed by atoms with Crippen molar-refractivity contribution in [1.29, 1.82) is 0 Å². The van der Waals surface area contributed by atoms with Crippen LogP contribution in [-0.4, -0.2) is 64.0 Å². The molecule has 1 atom stereocenters. The number of carbonyl (C=O) groups excluding carboxylic acids is 2. The first-order valence-corrected chi connectivity index (χ1v) is 9.69. The Morgan fingerprint density at radius 2 is 2.11 bits per heavy atom. The Labute approximate surface area is 162 Å². The summed E-state index contributed by atoms with van der Waals surface area (Å²) >= 11 is 1.47. The Morgan fingerprint density at radius 3 is 2.67 bits per heavy atom. The number of aliphatic hydroxyl groups is 1. The molecule has 27 heavy (non-hydrogen) atoms. The van der Waals surface area contributed by atoms with E-state index in [4.69, 9.17) is 0 Å². The number of aryl methyl sites for hydroxylation is 2. The van der Waals surface area contributed by atoms with Gasteiger partial charge in [-0.05, 0) is 52.4 Å². The topological polar surface area (TPSA) is 89.5 Å². The zero-order valence-corrected chi connectivity index (χ0v) is 16.8. The molecule has 1 aliphatic rings. The summed E-state index contributed by atoms with van der Waals surface area (Å²) in [6.07, 6.45) is 0.742. The number of nitrogens with zero attached hydrogens (tertiary/aromatic N) is 3. The number of aliphatic hydroxyl groups excluding tert-OH is 1. The van der Waals surface area contributed by atoms with Crippen molar-refractivity contribution in [3.63, 3.8) is 0 Å². The summed E-state index contributed by atoms with van der Waals surface area (Å²) in [6.45, 7) is 4.79. The zero-order valence-electron chi connectivity index (χ0n) is 15.9. The third-order valence-electron chi connectivity index (χ3n) is 4.72. The van der Waals surface area contributed by atoms with Crippen molar-refractivity contribution >= 4 is 28.8 Å². The van der Waals surface area contributed by atoms with Crippen molar-refractivity contribution in [3.8, 4) is 0 Å². The number of amides is 1. The molecule has 1 unspecified atom stereocenters. The van der Waals surface area contributed by atoms with Crippen molar-refractivity contribution < 1.29 is 14.7 Å². The number of likely N-dealkylation sites (tertiary alicyclic amines) is 1. The number of rotatable bonds is 6. The predicted octanol–water partition coefficient (Wildman–Crippen LogP) is 2.46. The number of aromatic amines is 1. The van der Waals surface area contributed by atoms with Crippen LogP contribution in [-0.2, 0) is 9.59 Å². The molecule has 144 valence electrons. The zero-order chi connectivity index (χ0) is 19.7. The lowest BCUT2D eigenvalue weighted by molar-refractivity contribution is -0.139. The standard InChI is InChI=1S/C19H24N4O3S/c1-11-14(12(2)21-20-11)17(24)15-16(13-7-5-10-27-13)23(19(26)18(15)25)9-6-8-22(3)4/h5,7,10,16,24H,6,8-9H2,1-4H3,(H,20,21). The molecule has 8 heteroatoms. The molecule has 2 aromatic rings. The molecule has 0 aromatic carbocycles. The predicted molar refractivity (Wildman–Crippen MR) is 105 cm³/mol. The molecular weight excluding hydrogens is 364 g/mol. The lowest BCUT2D eigenvalue weighted by Gasteiger charge is -2.24. The number of hydrogen-bond donors (Lipinski definition) is 2. The molecule has 2 aromatic heterocycles. The highest BCUT2D eigenvalue weighted by atomic mass is 32.1. The first kappa shape index (κ1) is 19.3. The fourth-order valence-electron chi connectivity index (χ4n) is 3.45. The Kier molecular flexibility index (Phi) is 5.48. The molecule has 3 heterocycles. The highest BCUT2D eigenvalue weighted by Gasteiger charge is 2.46. The molecule has 2 N–H and O–H groups in total. The second-order valence-electron chi connectivity index (χ2n) is 6.97. The molecule has 1 amide bonds. The number of aromatic nitrogens is 2. The van der Waals surface area contributed by atoms with Crippen molar-refractivity contribution in [2.24, 2.45) is 0 Å². The summed E-state index contributed by atoms with van der Waals surface area (Å²) in [6, 6.07) is 3.21. The van der Waals surface area contributed by atoms with E-state index in [-0.39, 0.29) is 11.3 Å². The van der Waals surface area contributed by atoms with Gasteiger partial charge in [-0.15, -0.1) is 11.3 Å². The second kappa shape index (κ2) is 7.66. The molecule has 3 rings (SSSR count). The van der Waals surface area contributed by atoms with E-state index in [0.29, 0.717) is 23.5 Å². The molecule has 1 aliphatic heterocycles. The highest BCUT2D eigenvalue weighted by molar-refractivity contribution is 7.10. The average molecular weight is 388 g/mol. The summed E-state index contributed by atoms with van der Waals surface area (Å²) in [4.78, 5) is 30.0. The minimum absolute atomic E-state index is 0.139. The second-order valence-corrected chi connectivity index (χ2v) is 7.95. The van der Waals surface area contributed by atoms with Gasteiger partial charge < -0.3 is 14.9 Å². The normalized spacial score (nSPS) is 19.4. The Balaban J connectivity index is 2.08. The van der Waals surface area contributed by atoms with E-state index in [9.17, 15) is 14.7 Å². The van der Waals surface area contributed by atoms with Crippen LogP contribution in [0.3, 0.4) is 0 Å². The maximum absolute atomic E-state index is 12.8. The monoisotopic (exact) mass is 388 g/mol. The van der Waals surface area contributed by atoms with Gasteiger partial charge in [-0.25, -0.2) is 0 Å².